The molecule has 0 radical (unpaired) electrons. The molecule has 2 aliphatic carbocycles. The first-order valence-electron chi connectivity index (χ1n) is 11.3. The number of nitro groups is 1. The number of rotatable bonds is 6. The fourth-order valence-corrected chi connectivity index (χ4v) is 5.99. The second-order valence-corrected chi connectivity index (χ2v) is 9.38. The van der Waals surface area contributed by atoms with Crippen molar-refractivity contribution in [2.75, 3.05) is 5.32 Å². The van der Waals surface area contributed by atoms with Gasteiger partial charge in [0.2, 0.25) is 17.7 Å². The summed E-state index contributed by atoms with van der Waals surface area (Å²) in [7, 11) is 0. The van der Waals surface area contributed by atoms with Crippen molar-refractivity contribution in [2.45, 2.75) is 38.6 Å². The maximum atomic E-state index is 13.4. The molecule has 3 aliphatic rings. The lowest BCUT2D eigenvalue weighted by Crippen LogP contribution is -2.49. The number of fused-ring (bicyclic) bond motifs is 5. The Labute approximate surface area is 191 Å². The summed E-state index contributed by atoms with van der Waals surface area (Å²) in [6.45, 7) is 1.62. The van der Waals surface area contributed by atoms with Gasteiger partial charge in [-0.25, -0.2) is 0 Å². The van der Waals surface area contributed by atoms with Gasteiger partial charge in [0.05, 0.1) is 16.8 Å². The topological polar surface area (TPSA) is 110 Å². The van der Waals surface area contributed by atoms with Crippen LogP contribution in [0.2, 0.25) is 0 Å². The Morgan fingerprint density at radius 1 is 1.09 bits per heavy atom. The van der Waals surface area contributed by atoms with E-state index >= 15 is 0 Å². The van der Waals surface area contributed by atoms with Crippen molar-refractivity contribution in [3.05, 3.63) is 69.8 Å². The summed E-state index contributed by atoms with van der Waals surface area (Å²) in [6.07, 6.45) is 3.03. The van der Waals surface area contributed by atoms with E-state index in [-0.39, 0.29) is 53.3 Å². The van der Waals surface area contributed by atoms with E-state index < -0.39 is 16.9 Å². The minimum atomic E-state index is -1.02. The van der Waals surface area contributed by atoms with Crippen molar-refractivity contribution >= 4 is 29.1 Å². The van der Waals surface area contributed by atoms with Gasteiger partial charge in [-0.05, 0) is 49.7 Å². The standard InChI is InChI=1S/C25H25N3O5/c1-14-7-10-18(13-19(14)28(32)33)26-23(29)20(11-15-5-3-2-4-6-15)27-24(30)21-16-8-9-17(12-16)22(21)25(27)31/h2-7,10,13,16-17,20-22H,8-9,11-12H2,1H3,(H,26,29)/t16-,17-,20+,21-,22+/m0/s1. The number of carbonyl (C=O) groups excluding carboxylic acids is 3. The van der Waals surface area contributed by atoms with Crippen LogP contribution in [0, 0.1) is 40.7 Å². The maximum Gasteiger partial charge on any atom is 0.274 e. The molecule has 1 aliphatic heterocycles. The van der Waals surface area contributed by atoms with E-state index in [9.17, 15) is 24.5 Å². The van der Waals surface area contributed by atoms with Crippen LogP contribution in [-0.2, 0) is 20.8 Å². The number of amides is 3. The highest BCUT2D eigenvalue weighted by Crippen LogP contribution is 2.56. The lowest BCUT2D eigenvalue weighted by atomic mass is 9.81. The molecule has 8 nitrogen and oxygen atoms in total. The fraction of sp³-hybridized carbons (Fsp3) is 0.400. The first kappa shape index (κ1) is 21.3. The lowest BCUT2D eigenvalue weighted by molar-refractivity contribution is -0.385. The SMILES string of the molecule is Cc1ccc(NC(=O)[C@@H](Cc2ccccc2)N2C(=O)[C@@H]3[C@H]4CC[C@@H](C4)[C@@H]3C2=O)cc1[N+](=O)[O-]. The second kappa shape index (κ2) is 8.10. The van der Waals surface area contributed by atoms with E-state index in [0.29, 0.717) is 5.56 Å². The van der Waals surface area contributed by atoms with Gasteiger partial charge in [0.25, 0.3) is 5.69 Å². The average Bonchev–Trinajstić information content (AvgIpc) is 3.48. The van der Waals surface area contributed by atoms with Gasteiger partial charge in [-0.15, -0.1) is 0 Å². The highest BCUT2D eigenvalue weighted by Gasteiger charge is 2.62. The van der Waals surface area contributed by atoms with Crippen molar-refractivity contribution in [1.29, 1.82) is 0 Å². The Morgan fingerprint density at radius 2 is 1.73 bits per heavy atom. The number of anilines is 1. The average molecular weight is 447 g/mol. The Balaban J connectivity index is 1.46. The zero-order chi connectivity index (χ0) is 23.3. The predicted molar refractivity (Wildman–Crippen MR) is 120 cm³/mol. The van der Waals surface area contributed by atoms with Crippen molar-refractivity contribution < 1.29 is 19.3 Å². The van der Waals surface area contributed by atoms with E-state index in [1.54, 1.807) is 19.1 Å². The summed E-state index contributed by atoms with van der Waals surface area (Å²) in [5, 5.41) is 14.0. The van der Waals surface area contributed by atoms with Crippen molar-refractivity contribution in [2.24, 2.45) is 23.7 Å². The molecule has 2 bridgehead atoms. The van der Waals surface area contributed by atoms with Crippen LogP contribution < -0.4 is 5.32 Å². The highest BCUT2D eigenvalue weighted by atomic mass is 16.6. The molecule has 3 fully saturated rings. The zero-order valence-electron chi connectivity index (χ0n) is 18.3. The van der Waals surface area contributed by atoms with Crippen molar-refractivity contribution in [3.63, 3.8) is 0 Å². The number of hydrogen-bond donors (Lipinski definition) is 1. The quantitative estimate of drug-likeness (QED) is 0.414. The molecule has 0 aromatic heterocycles. The minimum Gasteiger partial charge on any atom is -0.324 e. The molecule has 5 atom stereocenters. The van der Waals surface area contributed by atoms with Crippen LogP contribution in [0.15, 0.2) is 48.5 Å². The molecule has 2 aromatic rings. The smallest absolute Gasteiger partial charge is 0.274 e. The fourth-order valence-electron chi connectivity index (χ4n) is 5.99. The van der Waals surface area contributed by atoms with Crippen LogP contribution in [-0.4, -0.2) is 33.6 Å². The molecule has 0 unspecified atom stereocenters. The van der Waals surface area contributed by atoms with Crippen LogP contribution in [0.25, 0.3) is 0 Å². The molecular formula is C25H25N3O5. The summed E-state index contributed by atoms with van der Waals surface area (Å²) < 4.78 is 0. The zero-order valence-corrected chi connectivity index (χ0v) is 18.3. The molecule has 1 N–H and O–H groups in total. The van der Waals surface area contributed by atoms with Gasteiger partial charge in [0.15, 0.2) is 0 Å². The summed E-state index contributed by atoms with van der Waals surface area (Å²) in [5.41, 5.74) is 1.46. The number of nitro benzene ring substituents is 1. The summed E-state index contributed by atoms with van der Waals surface area (Å²) in [5.74, 6) is -1.20. The molecule has 2 aromatic carbocycles. The third kappa shape index (κ3) is 3.59. The van der Waals surface area contributed by atoms with E-state index in [1.807, 2.05) is 30.3 Å². The first-order chi connectivity index (χ1) is 15.8. The van der Waals surface area contributed by atoms with Gasteiger partial charge < -0.3 is 5.32 Å². The molecule has 170 valence electrons. The van der Waals surface area contributed by atoms with Crippen LogP contribution >= 0.6 is 0 Å². The molecule has 3 amide bonds. The molecule has 5 rings (SSSR count). The van der Waals surface area contributed by atoms with Gasteiger partial charge in [-0.1, -0.05) is 36.4 Å². The normalized spacial score (nSPS) is 26.4. The summed E-state index contributed by atoms with van der Waals surface area (Å²) in [6, 6.07) is 12.7. The van der Waals surface area contributed by atoms with Crippen LogP contribution in [0.3, 0.4) is 0 Å². The van der Waals surface area contributed by atoms with Crippen LogP contribution in [0.5, 0.6) is 0 Å². The third-order valence-electron chi connectivity index (χ3n) is 7.52. The number of likely N-dealkylation sites (tertiary alicyclic amines) is 1. The van der Waals surface area contributed by atoms with Gasteiger partial charge in [0.1, 0.15) is 6.04 Å². The molecule has 0 spiro atoms. The van der Waals surface area contributed by atoms with Crippen LogP contribution in [0.1, 0.15) is 30.4 Å². The van der Waals surface area contributed by atoms with Crippen molar-refractivity contribution in [3.8, 4) is 0 Å². The predicted octanol–water partition coefficient (Wildman–Crippen LogP) is 3.48. The Morgan fingerprint density at radius 3 is 2.33 bits per heavy atom. The Kier molecular flexibility index (Phi) is 5.23. The lowest BCUT2D eigenvalue weighted by Gasteiger charge is -2.27. The number of nitrogens with zero attached hydrogens (tertiary/aromatic N) is 2. The minimum absolute atomic E-state index is 0.105. The maximum absolute atomic E-state index is 13.4. The van der Waals surface area contributed by atoms with Crippen molar-refractivity contribution in [1.82, 2.24) is 4.90 Å². The van der Waals surface area contributed by atoms with Gasteiger partial charge in [0, 0.05) is 23.7 Å². The largest absolute Gasteiger partial charge is 0.324 e. The number of aryl methyl sites for hydroxylation is 1. The first-order valence-corrected chi connectivity index (χ1v) is 11.3. The molecule has 8 heteroatoms. The Hall–Kier alpha value is -3.55. The third-order valence-corrected chi connectivity index (χ3v) is 7.52. The highest BCUT2D eigenvalue weighted by molar-refractivity contribution is 6.10. The molecule has 2 saturated carbocycles. The van der Waals surface area contributed by atoms with E-state index in [1.165, 1.54) is 11.0 Å². The number of benzene rings is 2. The monoisotopic (exact) mass is 447 g/mol. The Bertz CT molecular complexity index is 1120. The number of hydrogen-bond acceptors (Lipinski definition) is 5. The molecular weight excluding hydrogens is 422 g/mol. The van der Waals surface area contributed by atoms with Gasteiger partial charge >= 0.3 is 0 Å². The summed E-state index contributed by atoms with van der Waals surface area (Å²) in [4.78, 5) is 52.2. The summed E-state index contributed by atoms with van der Waals surface area (Å²) >= 11 is 0. The van der Waals surface area contributed by atoms with Crippen LogP contribution in [0.4, 0.5) is 11.4 Å². The van der Waals surface area contributed by atoms with Gasteiger partial charge in [-0.3, -0.25) is 29.4 Å². The van der Waals surface area contributed by atoms with E-state index in [4.69, 9.17) is 0 Å². The number of imide groups is 1. The van der Waals surface area contributed by atoms with Gasteiger partial charge in [-0.2, -0.15) is 0 Å². The molecule has 33 heavy (non-hydrogen) atoms. The van der Waals surface area contributed by atoms with E-state index in [0.717, 1.165) is 24.8 Å². The molecule has 1 saturated heterocycles. The van der Waals surface area contributed by atoms with E-state index in [2.05, 4.69) is 5.32 Å². The molecule has 1 heterocycles. The number of carbonyl (C=O) groups is 3. The second-order valence-electron chi connectivity index (χ2n) is 9.38. The number of nitrogens with one attached hydrogen (secondary N) is 1.